The summed E-state index contributed by atoms with van der Waals surface area (Å²) in [6.07, 6.45) is 0.243. The van der Waals surface area contributed by atoms with Crippen LogP contribution < -0.4 is 17.2 Å². The normalized spacial score (nSPS) is 12.1. The Balaban J connectivity index is 3.55. The number of carbonyl (C=O) groups is 1. The average Bonchev–Trinajstić information content (AvgIpc) is 1.86. The van der Waals surface area contributed by atoms with E-state index in [1.54, 1.807) is 0 Å². The van der Waals surface area contributed by atoms with Crippen molar-refractivity contribution in [3.05, 3.63) is 0 Å². The van der Waals surface area contributed by atoms with Crippen LogP contribution in [0.3, 0.4) is 0 Å². The van der Waals surface area contributed by atoms with E-state index in [1.807, 2.05) is 0 Å². The van der Waals surface area contributed by atoms with Gasteiger partial charge in [0.15, 0.2) is 5.96 Å². The van der Waals surface area contributed by atoms with Gasteiger partial charge in [0.05, 0.1) is 0 Å². The van der Waals surface area contributed by atoms with Crippen molar-refractivity contribution in [3.8, 4) is 0 Å². The highest BCUT2D eigenvalue weighted by Crippen LogP contribution is 1.87. The SMILES string of the molecule is NC(N)=NCC[C@H](N)C(=O)O. The number of nitrogens with zero attached hydrogens (tertiary/aromatic N) is 1. The van der Waals surface area contributed by atoms with Crippen LogP contribution in [0.1, 0.15) is 6.42 Å². The average molecular weight is 160 g/mol. The third-order valence-corrected chi connectivity index (χ3v) is 1.05. The molecule has 0 unspecified atom stereocenters. The van der Waals surface area contributed by atoms with E-state index in [0.29, 0.717) is 0 Å². The van der Waals surface area contributed by atoms with Crippen LogP contribution in [0.5, 0.6) is 0 Å². The fourth-order valence-electron chi connectivity index (χ4n) is 0.456. The molecule has 6 heteroatoms. The molecular formula is C5H12N4O2. The Labute approximate surface area is 64.1 Å². The van der Waals surface area contributed by atoms with Crippen LogP contribution in [0.15, 0.2) is 4.99 Å². The molecule has 0 spiro atoms. The van der Waals surface area contributed by atoms with E-state index in [4.69, 9.17) is 22.3 Å². The van der Waals surface area contributed by atoms with Crippen molar-refractivity contribution in [2.45, 2.75) is 12.5 Å². The molecule has 0 saturated heterocycles. The van der Waals surface area contributed by atoms with Gasteiger partial charge in [-0.05, 0) is 6.42 Å². The van der Waals surface area contributed by atoms with Crippen molar-refractivity contribution >= 4 is 11.9 Å². The maximum atomic E-state index is 10.1. The summed E-state index contributed by atoms with van der Waals surface area (Å²) in [6, 6.07) is -0.891. The summed E-state index contributed by atoms with van der Waals surface area (Å²) in [5, 5.41) is 8.31. The molecule has 0 bridgehead atoms. The number of aliphatic imine (C=N–C) groups is 1. The lowest BCUT2D eigenvalue weighted by molar-refractivity contribution is -0.138. The van der Waals surface area contributed by atoms with E-state index in [1.165, 1.54) is 0 Å². The summed E-state index contributed by atoms with van der Waals surface area (Å²) >= 11 is 0. The molecule has 0 heterocycles. The van der Waals surface area contributed by atoms with E-state index in [0.717, 1.165) is 0 Å². The molecule has 0 aliphatic heterocycles. The second-order valence-corrected chi connectivity index (χ2v) is 2.04. The Morgan fingerprint density at radius 1 is 1.55 bits per heavy atom. The van der Waals surface area contributed by atoms with E-state index < -0.39 is 12.0 Å². The molecule has 0 aromatic heterocycles. The molecule has 0 aromatic rings. The van der Waals surface area contributed by atoms with E-state index in [2.05, 4.69) is 4.99 Å². The molecule has 0 rings (SSSR count). The first-order valence-corrected chi connectivity index (χ1v) is 3.08. The minimum Gasteiger partial charge on any atom is -0.480 e. The number of hydrogen-bond donors (Lipinski definition) is 4. The van der Waals surface area contributed by atoms with Gasteiger partial charge in [0.2, 0.25) is 0 Å². The number of rotatable bonds is 4. The zero-order valence-electron chi connectivity index (χ0n) is 6.03. The Kier molecular flexibility index (Phi) is 3.97. The van der Waals surface area contributed by atoms with Gasteiger partial charge in [-0.25, -0.2) is 0 Å². The van der Waals surface area contributed by atoms with Crippen molar-refractivity contribution in [3.63, 3.8) is 0 Å². The first-order valence-electron chi connectivity index (χ1n) is 3.08. The summed E-state index contributed by atoms with van der Waals surface area (Å²) in [5.74, 6) is -1.10. The van der Waals surface area contributed by atoms with Crippen LogP contribution in [0.2, 0.25) is 0 Å². The maximum absolute atomic E-state index is 10.1. The fraction of sp³-hybridized carbons (Fsp3) is 0.600. The van der Waals surface area contributed by atoms with Crippen LogP contribution in [0.25, 0.3) is 0 Å². The summed E-state index contributed by atoms with van der Waals surface area (Å²) in [5.41, 5.74) is 15.1. The van der Waals surface area contributed by atoms with Crippen molar-refractivity contribution in [2.75, 3.05) is 6.54 Å². The molecule has 0 aliphatic rings. The van der Waals surface area contributed by atoms with Gasteiger partial charge in [-0.1, -0.05) is 0 Å². The predicted octanol–water partition coefficient (Wildman–Crippen LogP) is -1.94. The highest BCUT2D eigenvalue weighted by molar-refractivity contribution is 5.76. The molecular weight excluding hydrogens is 148 g/mol. The third kappa shape index (κ3) is 5.16. The first kappa shape index (κ1) is 9.70. The number of hydrogen-bond acceptors (Lipinski definition) is 3. The summed E-state index contributed by atoms with van der Waals surface area (Å²) < 4.78 is 0. The minimum absolute atomic E-state index is 0.0532. The minimum atomic E-state index is -1.05. The molecule has 11 heavy (non-hydrogen) atoms. The molecule has 6 nitrogen and oxygen atoms in total. The van der Waals surface area contributed by atoms with Crippen molar-refractivity contribution < 1.29 is 9.90 Å². The van der Waals surface area contributed by atoms with Gasteiger partial charge in [0, 0.05) is 6.54 Å². The van der Waals surface area contributed by atoms with Gasteiger partial charge in [-0.3, -0.25) is 9.79 Å². The van der Waals surface area contributed by atoms with Gasteiger partial charge < -0.3 is 22.3 Å². The maximum Gasteiger partial charge on any atom is 0.320 e. The lowest BCUT2D eigenvalue weighted by atomic mass is 10.2. The Bertz CT molecular complexity index is 164. The first-order chi connectivity index (χ1) is 5.04. The fourth-order valence-corrected chi connectivity index (χ4v) is 0.456. The number of nitrogens with two attached hydrogens (primary N) is 3. The third-order valence-electron chi connectivity index (χ3n) is 1.05. The molecule has 0 amide bonds. The van der Waals surface area contributed by atoms with Gasteiger partial charge in [0.1, 0.15) is 6.04 Å². The topological polar surface area (TPSA) is 128 Å². The lowest BCUT2D eigenvalue weighted by Crippen LogP contribution is -2.31. The van der Waals surface area contributed by atoms with Crippen molar-refractivity contribution in [1.82, 2.24) is 0 Å². The van der Waals surface area contributed by atoms with E-state index >= 15 is 0 Å². The predicted molar refractivity (Wildman–Crippen MR) is 40.9 cm³/mol. The van der Waals surface area contributed by atoms with Gasteiger partial charge in [0.25, 0.3) is 0 Å². The molecule has 1 atom stereocenters. The second kappa shape index (κ2) is 4.51. The summed E-state index contributed by atoms with van der Waals surface area (Å²) in [7, 11) is 0. The zero-order valence-corrected chi connectivity index (χ0v) is 6.03. The van der Waals surface area contributed by atoms with Gasteiger partial charge in [-0.15, -0.1) is 0 Å². The Morgan fingerprint density at radius 3 is 2.45 bits per heavy atom. The Morgan fingerprint density at radius 2 is 2.09 bits per heavy atom. The standard InChI is InChI=1S/C5H12N4O2/c6-3(4(10)11)1-2-9-5(7)8/h3H,1-2,6H2,(H,10,11)(H4,7,8,9)/t3-/m0/s1. The molecule has 0 radical (unpaired) electrons. The number of carboxylic acid groups (broad SMARTS) is 1. The lowest BCUT2D eigenvalue weighted by Gasteiger charge is -2.02. The van der Waals surface area contributed by atoms with Crippen LogP contribution in [0.4, 0.5) is 0 Å². The van der Waals surface area contributed by atoms with Crippen LogP contribution >= 0.6 is 0 Å². The highest BCUT2D eigenvalue weighted by atomic mass is 16.4. The van der Waals surface area contributed by atoms with Crippen molar-refractivity contribution in [2.24, 2.45) is 22.2 Å². The largest absolute Gasteiger partial charge is 0.480 e. The highest BCUT2D eigenvalue weighted by Gasteiger charge is 2.09. The van der Waals surface area contributed by atoms with E-state index in [-0.39, 0.29) is 18.9 Å². The van der Waals surface area contributed by atoms with Gasteiger partial charge in [-0.2, -0.15) is 0 Å². The molecule has 0 fully saturated rings. The van der Waals surface area contributed by atoms with Crippen LogP contribution in [-0.2, 0) is 4.79 Å². The van der Waals surface area contributed by atoms with Crippen LogP contribution in [-0.4, -0.2) is 29.6 Å². The Hall–Kier alpha value is -1.30. The van der Waals surface area contributed by atoms with Crippen molar-refractivity contribution in [1.29, 1.82) is 0 Å². The quantitative estimate of drug-likeness (QED) is 0.281. The smallest absolute Gasteiger partial charge is 0.320 e. The van der Waals surface area contributed by atoms with Gasteiger partial charge >= 0.3 is 5.97 Å². The monoisotopic (exact) mass is 160 g/mol. The molecule has 0 aromatic carbocycles. The summed E-state index contributed by atoms with van der Waals surface area (Å²) in [4.78, 5) is 13.7. The number of aliphatic carboxylic acids is 1. The van der Waals surface area contributed by atoms with Crippen LogP contribution in [0, 0.1) is 0 Å². The second-order valence-electron chi connectivity index (χ2n) is 2.04. The molecule has 64 valence electrons. The number of guanidine groups is 1. The summed E-state index contributed by atoms with van der Waals surface area (Å²) in [6.45, 7) is 0.246. The number of carboxylic acids is 1. The molecule has 0 aliphatic carbocycles. The molecule has 7 N–H and O–H groups in total. The zero-order chi connectivity index (χ0) is 8.85. The van der Waals surface area contributed by atoms with E-state index in [9.17, 15) is 4.79 Å². The molecule has 0 saturated carbocycles.